The summed E-state index contributed by atoms with van der Waals surface area (Å²) in [5, 5.41) is 9.83. The summed E-state index contributed by atoms with van der Waals surface area (Å²) in [6.45, 7) is 8.91. The smallest absolute Gasteiger partial charge is 0.355 e. The van der Waals surface area contributed by atoms with Crippen LogP contribution in [0.2, 0.25) is 0 Å². The van der Waals surface area contributed by atoms with Gasteiger partial charge in [-0.15, -0.1) is 0 Å². The van der Waals surface area contributed by atoms with E-state index in [9.17, 15) is 14.7 Å². The number of rotatable bonds is 7. The molecule has 0 aliphatic heterocycles. The van der Waals surface area contributed by atoms with E-state index in [4.69, 9.17) is 4.74 Å². The Bertz CT molecular complexity index is 818. The van der Waals surface area contributed by atoms with Crippen LogP contribution in [0.3, 0.4) is 0 Å². The van der Waals surface area contributed by atoms with Crippen molar-refractivity contribution in [2.75, 3.05) is 6.61 Å². The third-order valence-electron chi connectivity index (χ3n) is 4.72. The molecule has 1 aromatic carbocycles. The minimum atomic E-state index is -0.682. The first-order chi connectivity index (χ1) is 12.3. The number of aliphatic hydroxyl groups is 1. The Kier molecular flexibility index (Phi) is 6.37. The number of aromatic amines is 1. The number of aliphatic hydroxyl groups excluding tert-OH is 1. The summed E-state index contributed by atoms with van der Waals surface area (Å²) >= 11 is 0. The molecule has 0 spiro atoms. The number of nitrogens with one attached hydrogen (secondary N) is 1. The molecule has 140 valence electrons. The molecule has 1 atom stereocenters. The van der Waals surface area contributed by atoms with E-state index >= 15 is 0 Å². The third kappa shape index (κ3) is 4.05. The van der Waals surface area contributed by atoms with Gasteiger partial charge < -0.3 is 14.8 Å². The van der Waals surface area contributed by atoms with E-state index in [0.29, 0.717) is 16.7 Å². The molecule has 1 heterocycles. The number of esters is 1. The van der Waals surface area contributed by atoms with Crippen molar-refractivity contribution in [1.29, 1.82) is 0 Å². The fourth-order valence-corrected chi connectivity index (χ4v) is 3.29. The summed E-state index contributed by atoms with van der Waals surface area (Å²) < 4.78 is 5.24. The molecule has 2 aromatic rings. The number of ether oxygens (including phenoxy) is 1. The number of H-pyrrole nitrogens is 1. The van der Waals surface area contributed by atoms with Gasteiger partial charge in [0.05, 0.1) is 6.10 Å². The van der Waals surface area contributed by atoms with Crippen LogP contribution < -0.4 is 0 Å². The summed E-state index contributed by atoms with van der Waals surface area (Å²) in [4.78, 5) is 27.9. The number of aryl methyl sites for hydroxylation is 3. The average molecular weight is 357 g/mol. The summed E-state index contributed by atoms with van der Waals surface area (Å²) in [7, 11) is 0. The third-order valence-corrected chi connectivity index (χ3v) is 4.72. The van der Waals surface area contributed by atoms with Crippen LogP contribution in [0.25, 0.3) is 0 Å². The lowest BCUT2D eigenvalue weighted by atomic mass is 9.98. The maximum absolute atomic E-state index is 12.6. The Labute approximate surface area is 154 Å². The second-order valence-corrected chi connectivity index (χ2v) is 6.54. The largest absolute Gasteiger partial charge is 0.453 e. The Morgan fingerprint density at radius 2 is 1.88 bits per heavy atom. The first-order valence-corrected chi connectivity index (χ1v) is 8.99. The van der Waals surface area contributed by atoms with Gasteiger partial charge in [-0.2, -0.15) is 0 Å². The van der Waals surface area contributed by atoms with Crippen molar-refractivity contribution in [2.24, 2.45) is 0 Å². The van der Waals surface area contributed by atoms with E-state index < -0.39 is 12.1 Å². The van der Waals surface area contributed by atoms with Gasteiger partial charge in [0.1, 0.15) is 5.69 Å². The lowest BCUT2D eigenvalue weighted by Crippen LogP contribution is -2.17. The molecule has 0 aliphatic carbocycles. The quantitative estimate of drug-likeness (QED) is 0.583. The molecular formula is C21H27NO4. The van der Waals surface area contributed by atoms with Gasteiger partial charge in [-0.3, -0.25) is 4.79 Å². The van der Waals surface area contributed by atoms with Gasteiger partial charge in [-0.25, -0.2) is 4.79 Å². The first kappa shape index (κ1) is 19.9. The number of aromatic nitrogens is 1. The maximum atomic E-state index is 12.6. The van der Waals surface area contributed by atoms with Crippen molar-refractivity contribution in [3.8, 4) is 0 Å². The molecule has 26 heavy (non-hydrogen) atoms. The standard InChI is InChI=1S/C21H27NO4/c1-6-15-8-9-16(7-2)17(10-15)18(24)11-26-21(25)20-12(3)19(14(5)23)13(4)22-20/h8-10,14,22-23H,6-7,11H2,1-5H3/t14-/m0/s1. The predicted molar refractivity (Wildman–Crippen MR) is 101 cm³/mol. The second-order valence-electron chi connectivity index (χ2n) is 6.54. The minimum absolute atomic E-state index is 0.206. The van der Waals surface area contributed by atoms with Crippen molar-refractivity contribution >= 4 is 11.8 Å². The highest BCUT2D eigenvalue weighted by Crippen LogP contribution is 2.25. The molecule has 0 radical (unpaired) electrons. The molecule has 1 aromatic heterocycles. The van der Waals surface area contributed by atoms with Crippen LogP contribution >= 0.6 is 0 Å². The molecule has 0 saturated heterocycles. The Hall–Kier alpha value is -2.40. The molecule has 5 nitrogen and oxygen atoms in total. The van der Waals surface area contributed by atoms with Crippen LogP contribution in [0.4, 0.5) is 0 Å². The van der Waals surface area contributed by atoms with E-state index in [2.05, 4.69) is 4.98 Å². The zero-order valence-corrected chi connectivity index (χ0v) is 16.1. The first-order valence-electron chi connectivity index (χ1n) is 8.99. The molecule has 0 aliphatic rings. The highest BCUT2D eigenvalue weighted by atomic mass is 16.5. The van der Waals surface area contributed by atoms with Gasteiger partial charge in [-0.05, 0) is 56.4 Å². The van der Waals surface area contributed by atoms with E-state index in [1.807, 2.05) is 32.0 Å². The second kappa shape index (κ2) is 8.32. The number of carbonyl (C=O) groups is 2. The van der Waals surface area contributed by atoms with Crippen molar-refractivity contribution in [1.82, 2.24) is 4.98 Å². The fourth-order valence-electron chi connectivity index (χ4n) is 3.29. The zero-order chi connectivity index (χ0) is 19.4. The molecule has 5 heteroatoms. The molecule has 0 fully saturated rings. The molecule has 2 N–H and O–H groups in total. The summed E-state index contributed by atoms with van der Waals surface area (Å²) in [5.74, 6) is -0.794. The monoisotopic (exact) mass is 357 g/mol. The number of carbonyl (C=O) groups excluding carboxylic acids is 2. The van der Waals surface area contributed by atoms with Gasteiger partial charge >= 0.3 is 5.97 Å². The average Bonchev–Trinajstić information content (AvgIpc) is 2.93. The zero-order valence-electron chi connectivity index (χ0n) is 16.1. The number of Topliss-reactive ketones (excluding diaryl/α,β-unsaturated/α-hetero) is 1. The van der Waals surface area contributed by atoms with Gasteiger partial charge in [0, 0.05) is 16.8 Å². The Morgan fingerprint density at radius 1 is 1.19 bits per heavy atom. The predicted octanol–water partition coefficient (Wildman–Crippen LogP) is 3.85. The maximum Gasteiger partial charge on any atom is 0.355 e. The summed E-state index contributed by atoms with van der Waals surface area (Å²) in [6, 6.07) is 5.86. The number of benzene rings is 1. The summed E-state index contributed by atoms with van der Waals surface area (Å²) in [5.41, 5.74) is 4.98. The SMILES string of the molecule is CCc1ccc(CC)c(C(=O)COC(=O)c2[nH]c(C)c([C@H](C)O)c2C)c1. The molecule has 0 amide bonds. The topological polar surface area (TPSA) is 79.4 Å². The van der Waals surface area contributed by atoms with Crippen LogP contribution in [-0.2, 0) is 17.6 Å². The van der Waals surface area contributed by atoms with Crippen LogP contribution in [0, 0.1) is 13.8 Å². The van der Waals surface area contributed by atoms with Crippen molar-refractivity contribution in [2.45, 2.75) is 53.6 Å². The highest BCUT2D eigenvalue weighted by molar-refractivity contribution is 6.00. The minimum Gasteiger partial charge on any atom is -0.453 e. The Morgan fingerprint density at radius 3 is 2.42 bits per heavy atom. The van der Waals surface area contributed by atoms with Crippen molar-refractivity contribution in [3.63, 3.8) is 0 Å². The van der Waals surface area contributed by atoms with Gasteiger partial charge in [0.2, 0.25) is 5.78 Å². The summed E-state index contributed by atoms with van der Waals surface area (Å²) in [6.07, 6.45) is 0.900. The number of ketones is 1. The lowest BCUT2D eigenvalue weighted by molar-refractivity contribution is 0.0468. The lowest BCUT2D eigenvalue weighted by Gasteiger charge is -2.10. The molecule has 2 rings (SSSR count). The van der Waals surface area contributed by atoms with E-state index in [1.165, 1.54) is 0 Å². The van der Waals surface area contributed by atoms with E-state index in [1.54, 1.807) is 20.8 Å². The van der Waals surface area contributed by atoms with Crippen LogP contribution in [-0.4, -0.2) is 28.4 Å². The normalized spacial score (nSPS) is 12.1. The highest BCUT2D eigenvalue weighted by Gasteiger charge is 2.22. The molecule has 0 saturated carbocycles. The molecular weight excluding hydrogens is 330 g/mol. The number of hydrogen-bond acceptors (Lipinski definition) is 4. The van der Waals surface area contributed by atoms with Gasteiger partial charge in [0.25, 0.3) is 0 Å². The van der Waals surface area contributed by atoms with Crippen LogP contribution in [0.5, 0.6) is 0 Å². The fraction of sp³-hybridized carbons (Fsp3) is 0.429. The van der Waals surface area contributed by atoms with Gasteiger partial charge in [-0.1, -0.05) is 26.0 Å². The van der Waals surface area contributed by atoms with Crippen molar-refractivity contribution < 1.29 is 19.4 Å². The number of hydrogen-bond donors (Lipinski definition) is 2. The Balaban J connectivity index is 2.15. The van der Waals surface area contributed by atoms with E-state index in [-0.39, 0.29) is 18.1 Å². The van der Waals surface area contributed by atoms with E-state index in [0.717, 1.165) is 29.7 Å². The van der Waals surface area contributed by atoms with Crippen LogP contribution in [0.15, 0.2) is 18.2 Å². The molecule has 0 bridgehead atoms. The van der Waals surface area contributed by atoms with Crippen LogP contribution in [0.1, 0.15) is 75.7 Å². The van der Waals surface area contributed by atoms with Crippen molar-refractivity contribution in [3.05, 3.63) is 57.4 Å². The molecule has 0 unspecified atom stereocenters. The van der Waals surface area contributed by atoms with Gasteiger partial charge in [0.15, 0.2) is 6.61 Å².